The molecule has 1 aromatic heterocycles. The number of nitrogens with two attached hydrogens (primary N) is 1. The van der Waals surface area contributed by atoms with Crippen molar-refractivity contribution in [2.75, 3.05) is 11.1 Å². The van der Waals surface area contributed by atoms with Gasteiger partial charge in [-0.05, 0) is 18.2 Å². The van der Waals surface area contributed by atoms with Crippen LogP contribution in [0.2, 0.25) is 5.15 Å². The number of hydrogen-bond acceptors (Lipinski definition) is 4. The number of anilines is 2. The number of aromatic nitrogens is 2. The van der Waals surface area contributed by atoms with Gasteiger partial charge < -0.3 is 11.1 Å². The maximum atomic E-state index is 12.3. The molecule has 23 heavy (non-hydrogen) atoms. The number of nitrogens with one attached hydrogen (secondary N) is 1. The summed E-state index contributed by atoms with van der Waals surface area (Å²) in [4.78, 5) is 20.8. The van der Waals surface area contributed by atoms with E-state index in [1.807, 2.05) is 30.3 Å². The van der Waals surface area contributed by atoms with Crippen LogP contribution in [-0.4, -0.2) is 15.9 Å². The van der Waals surface area contributed by atoms with Crippen LogP contribution in [0.15, 0.2) is 60.7 Å². The third-order valence-electron chi connectivity index (χ3n) is 3.12. The molecular formula is C17H13ClN4O. The number of nitrogen functional groups attached to an aromatic ring is 1. The van der Waals surface area contributed by atoms with Crippen molar-refractivity contribution in [3.63, 3.8) is 0 Å². The summed E-state index contributed by atoms with van der Waals surface area (Å²) in [6.07, 6.45) is 0. The van der Waals surface area contributed by atoms with Gasteiger partial charge in [0, 0.05) is 22.9 Å². The third-order valence-corrected chi connectivity index (χ3v) is 3.31. The molecule has 6 heteroatoms. The average Bonchev–Trinajstić information content (AvgIpc) is 2.55. The maximum Gasteiger partial charge on any atom is 0.256 e. The topological polar surface area (TPSA) is 80.9 Å². The average molecular weight is 325 g/mol. The Morgan fingerprint density at radius 2 is 1.78 bits per heavy atom. The highest BCUT2D eigenvalue weighted by Gasteiger charge is 2.10. The molecule has 1 heterocycles. The lowest BCUT2D eigenvalue weighted by Gasteiger charge is -2.07. The number of carbonyl (C=O) groups excluding carboxylic acids is 1. The number of carbonyl (C=O) groups is 1. The lowest BCUT2D eigenvalue weighted by molar-refractivity contribution is 0.102. The lowest BCUT2D eigenvalue weighted by Crippen LogP contribution is -2.13. The summed E-state index contributed by atoms with van der Waals surface area (Å²) in [5.74, 6) is 0.461. The van der Waals surface area contributed by atoms with Gasteiger partial charge in [0.25, 0.3) is 5.91 Å². The van der Waals surface area contributed by atoms with E-state index in [0.717, 1.165) is 5.56 Å². The zero-order chi connectivity index (χ0) is 16.2. The number of rotatable bonds is 3. The molecule has 0 bridgehead atoms. The van der Waals surface area contributed by atoms with Crippen molar-refractivity contribution in [1.82, 2.24) is 9.97 Å². The maximum absolute atomic E-state index is 12.3. The first-order valence-corrected chi connectivity index (χ1v) is 7.26. The number of nitrogens with zero attached hydrogens (tertiary/aromatic N) is 2. The van der Waals surface area contributed by atoms with Crippen molar-refractivity contribution >= 4 is 29.0 Å². The van der Waals surface area contributed by atoms with E-state index in [-0.39, 0.29) is 11.1 Å². The predicted octanol–water partition coefficient (Wildman–Crippen LogP) is 3.63. The lowest BCUT2D eigenvalue weighted by atomic mass is 10.2. The van der Waals surface area contributed by atoms with Crippen LogP contribution in [0.3, 0.4) is 0 Å². The molecule has 114 valence electrons. The van der Waals surface area contributed by atoms with Gasteiger partial charge in [0.15, 0.2) is 5.82 Å². The van der Waals surface area contributed by atoms with E-state index >= 15 is 0 Å². The van der Waals surface area contributed by atoms with Gasteiger partial charge in [-0.3, -0.25) is 4.79 Å². The van der Waals surface area contributed by atoms with Crippen LogP contribution in [0.5, 0.6) is 0 Å². The molecule has 0 atom stereocenters. The van der Waals surface area contributed by atoms with Crippen LogP contribution < -0.4 is 11.1 Å². The molecule has 5 nitrogen and oxygen atoms in total. The standard InChI is InChI=1S/C17H13ClN4O/c18-14-10-15(21-16(20-14)11-5-2-1-3-6-11)22-17(23)12-7-4-8-13(19)9-12/h1-10H,19H2,(H,20,21,22,23). The minimum atomic E-state index is -0.314. The molecule has 3 rings (SSSR count). The highest BCUT2D eigenvalue weighted by Crippen LogP contribution is 2.20. The van der Waals surface area contributed by atoms with E-state index in [2.05, 4.69) is 15.3 Å². The van der Waals surface area contributed by atoms with Gasteiger partial charge in [0.05, 0.1) is 0 Å². The minimum absolute atomic E-state index is 0.252. The van der Waals surface area contributed by atoms with Gasteiger partial charge in [-0.2, -0.15) is 0 Å². The van der Waals surface area contributed by atoms with E-state index in [4.69, 9.17) is 17.3 Å². The molecule has 0 saturated heterocycles. The molecule has 0 aliphatic heterocycles. The van der Waals surface area contributed by atoms with Crippen LogP contribution >= 0.6 is 11.6 Å². The Balaban J connectivity index is 1.89. The molecule has 0 aliphatic carbocycles. The minimum Gasteiger partial charge on any atom is -0.399 e. The summed E-state index contributed by atoms with van der Waals surface area (Å²) in [7, 11) is 0. The Morgan fingerprint density at radius 1 is 1.00 bits per heavy atom. The molecule has 0 fully saturated rings. The first-order valence-electron chi connectivity index (χ1n) is 6.89. The van der Waals surface area contributed by atoms with Crippen molar-refractivity contribution in [2.45, 2.75) is 0 Å². The molecule has 0 unspecified atom stereocenters. The smallest absolute Gasteiger partial charge is 0.256 e. The third kappa shape index (κ3) is 3.64. The SMILES string of the molecule is Nc1cccc(C(=O)Nc2cc(Cl)nc(-c3ccccc3)n2)c1. The molecule has 0 aliphatic rings. The predicted molar refractivity (Wildman–Crippen MR) is 91.3 cm³/mol. The zero-order valence-electron chi connectivity index (χ0n) is 12.0. The van der Waals surface area contributed by atoms with E-state index in [0.29, 0.717) is 22.9 Å². The van der Waals surface area contributed by atoms with Crippen molar-refractivity contribution in [3.05, 3.63) is 71.4 Å². The summed E-state index contributed by atoms with van der Waals surface area (Å²) in [6, 6.07) is 17.6. The van der Waals surface area contributed by atoms with Gasteiger partial charge in [0.2, 0.25) is 0 Å². The van der Waals surface area contributed by atoms with Crippen LogP contribution in [0.1, 0.15) is 10.4 Å². The summed E-state index contributed by atoms with van der Waals surface area (Å²) in [5, 5.41) is 2.96. The van der Waals surface area contributed by atoms with Crippen LogP contribution in [-0.2, 0) is 0 Å². The number of benzene rings is 2. The fraction of sp³-hybridized carbons (Fsp3) is 0. The monoisotopic (exact) mass is 324 g/mol. The van der Waals surface area contributed by atoms with Gasteiger partial charge in [-0.1, -0.05) is 48.0 Å². The Morgan fingerprint density at radius 3 is 2.52 bits per heavy atom. The Labute approximate surface area is 138 Å². The molecule has 2 aromatic carbocycles. The fourth-order valence-electron chi connectivity index (χ4n) is 2.07. The Hall–Kier alpha value is -2.92. The molecular weight excluding hydrogens is 312 g/mol. The number of hydrogen-bond donors (Lipinski definition) is 2. The molecule has 0 saturated carbocycles. The first-order chi connectivity index (χ1) is 11.1. The second-order valence-corrected chi connectivity index (χ2v) is 5.23. The number of amides is 1. The van der Waals surface area contributed by atoms with Crippen LogP contribution in [0.25, 0.3) is 11.4 Å². The van der Waals surface area contributed by atoms with Crippen LogP contribution in [0, 0.1) is 0 Å². The molecule has 0 spiro atoms. The summed E-state index contributed by atoms with van der Waals surface area (Å²) >= 11 is 6.03. The molecule has 3 aromatic rings. The molecule has 0 radical (unpaired) electrons. The van der Waals surface area contributed by atoms with Gasteiger partial charge in [0.1, 0.15) is 11.0 Å². The summed E-state index contributed by atoms with van der Waals surface area (Å²) in [6.45, 7) is 0. The normalized spacial score (nSPS) is 10.3. The molecule has 3 N–H and O–H groups in total. The van der Waals surface area contributed by atoms with Crippen molar-refractivity contribution in [1.29, 1.82) is 0 Å². The summed E-state index contributed by atoms with van der Waals surface area (Å²) in [5.41, 5.74) is 7.46. The van der Waals surface area contributed by atoms with E-state index in [9.17, 15) is 4.79 Å². The van der Waals surface area contributed by atoms with Gasteiger partial charge >= 0.3 is 0 Å². The largest absolute Gasteiger partial charge is 0.399 e. The quantitative estimate of drug-likeness (QED) is 0.569. The van der Waals surface area contributed by atoms with Gasteiger partial charge in [-0.25, -0.2) is 9.97 Å². The van der Waals surface area contributed by atoms with Crippen molar-refractivity contribution in [3.8, 4) is 11.4 Å². The fourth-order valence-corrected chi connectivity index (χ4v) is 2.25. The van der Waals surface area contributed by atoms with Crippen LogP contribution in [0.4, 0.5) is 11.5 Å². The number of halogens is 1. The highest BCUT2D eigenvalue weighted by atomic mass is 35.5. The van der Waals surface area contributed by atoms with Crippen molar-refractivity contribution in [2.24, 2.45) is 0 Å². The Kier molecular flexibility index (Phi) is 4.21. The second kappa shape index (κ2) is 6.46. The van der Waals surface area contributed by atoms with E-state index in [1.165, 1.54) is 6.07 Å². The van der Waals surface area contributed by atoms with E-state index in [1.54, 1.807) is 24.3 Å². The van der Waals surface area contributed by atoms with E-state index < -0.39 is 0 Å². The highest BCUT2D eigenvalue weighted by molar-refractivity contribution is 6.29. The first kappa shape index (κ1) is 15.0. The zero-order valence-corrected chi connectivity index (χ0v) is 12.8. The molecule has 1 amide bonds. The van der Waals surface area contributed by atoms with Crippen molar-refractivity contribution < 1.29 is 4.79 Å². The summed E-state index contributed by atoms with van der Waals surface area (Å²) < 4.78 is 0. The second-order valence-electron chi connectivity index (χ2n) is 4.85. The van der Waals surface area contributed by atoms with Gasteiger partial charge in [-0.15, -0.1) is 0 Å². The Bertz CT molecular complexity index is 852.